The molecule has 0 saturated heterocycles. The van der Waals surface area contributed by atoms with Gasteiger partial charge in [-0.15, -0.1) is 0 Å². The van der Waals surface area contributed by atoms with Gasteiger partial charge in [0, 0.05) is 0 Å². The van der Waals surface area contributed by atoms with E-state index < -0.39 is 35.1 Å². The lowest BCUT2D eigenvalue weighted by Gasteiger charge is -2.14. The summed E-state index contributed by atoms with van der Waals surface area (Å²) in [5.74, 6) is -2.98. The molecule has 1 amide bonds. The molecule has 200 valence electrons. The Morgan fingerprint density at radius 1 is 0.771 bits per heavy atom. The van der Waals surface area contributed by atoms with Crippen LogP contribution in [0.25, 0.3) is 0 Å². The van der Waals surface area contributed by atoms with Crippen LogP contribution in [0.3, 0.4) is 0 Å². The number of hydrogen-bond acceptors (Lipinski definition) is 3. The molecule has 1 rings (SSSR count). The van der Waals surface area contributed by atoms with Gasteiger partial charge in [0.1, 0.15) is 17.7 Å². The highest BCUT2D eigenvalue weighted by atomic mass is 19.1. The van der Waals surface area contributed by atoms with Gasteiger partial charge in [0.25, 0.3) is 5.91 Å². The minimum Gasteiger partial charge on any atom is -0.464 e. The number of hydrogen-bond donors (Lipinski definition) is 1. The van der Waals surface area contributed by atoms with E-state index in [9.17, 15) is 18.4 Å². The van der Waals surface area contributed by atoms with Crippen LogP contribution in [0.4, 0.5) is 8.78 Å². The summed E-state index contributed by atoms with van der Waals surface area (Å²) < 4.78 is 32.1. The van der Waals surface area contributed by atoms with Gasteiger partial charge in [-0.2, -0.15) is 0 Å². The molecule has 0 bridgehead atoms. The second-order valence-electron chi connectivity index (χ2n) is 9.64. The van der Waals surface area contributed by atoms with Crippen molar-refractivity contribution >= 4 is 11.9 Å². The third kappa shape index (κ3) is 15.6. The van der Waals surface area contributed by atoms with Crippen molar-refractivity contribution in [1.29, 1.82) is 0 Å². The molecule has 0 heterocycles. The van der Waals surface area contributed by atoms with Gasteiger partial charge in [0.05, 0.1) is 12.2 Å². The number of carbonyl (C=O) groups excluding carboxylic acids is 2. The first-order valence-electron chi connectivity index (χ1n) is 13.9. The predicted molar refractivity (Wildman–Crippen MR) is 138 cm³/mol. The van der Waals surface area contributed by atoms with Crippen LogP contribution in [0.5, 0.6) is 0 Å². The molecule has 0 aliphatic rings. The quantitative estimate of drug-likeness (QED) is 0.138. The molecule has 0 fully saturated rings. The molecular formula is C29H47F2NO3. The molecule has 0 aliphatic carbocycles. The highest BCUT2D eigenvalue weighted by molar-refractivity contribution is 5.96. The Kier molecular flexibility index (Phi) is 18.0. The van der Waals surface area contributed by atoms with Crippen LogP contribution >= 0.6 is 0 Å². The molecule has 0 spiro atoms. The second-order valence-corrected chi connectivity index (χ2v) is 9.64. The first-order valence-corrected chi connectivity index (χ1v) is 13.9. The van der Waals surface area contributed by atoms with Gasteiger partial charge in [-0.1, -0.05) is 110 Å². The number of rotatable bonds is 21. The van der Waals surface area contributed by atoms with Crippen LogP contribution in [0.1, 0.15) is 133 Å². The Labute approximate surface area is 211 Å². The molecule has 0 radical (unpaired) electrons. The van der Waals surface area contributed by atoms with Crippen molar-refractivity contribution in [2.75, 3.05) is 6.61 Å². The Hall–Kier alpha value is -1.98. The summed E-state index contributed by atoms with van der Waals surface area (Å²) in [5.41, 5.74) is -0.433. The fourth-order valence-corrected chi connectivity index (χ4v) is 4.13. The zero-order valence-corrected chi connectivity index (χ0v) is 22.0. The van der Waals surface area contributed by atoms with E-state index in [0.29, 0.717) is 6.61 Å². The average Bonchev–Trinajstić information content (AvgIpc) is 2.84. The molecular weight excluding hydrogens is 448 g/mol. The summed E-state index contributed by atoms with van der Waals surface area (Å²) in [5, 5.41) is 2.35. The molecule has 0 aromatic heterocycles. The molecule has 35 heavy (non-hydrogen) atoms. The van der Waals surface area contributed by atoms with Crippen LogP contribution in [-0.2, 0) is 9.53 Å². The number of esters is 1. The van der Waals surface area contributed by atoms with Crippen molar-refractivity contribution in [3.05, 3.63) is 35.4 Å². The van der Waals surface area contributed by atoms with Gasteiger partial charge in [0.2, 0.25) is 0 Å². The molecule has 1 aromatic carbocycles. The number of ether oxygens (including phenoxy) is 1. The zero-order valence-electron chi connectivity index (χ0n) is 22.0. The number of halogens is 2. The van der Waals surface area contributed by atoms with Crippen LogP contribution in [0.15, 0.2) is 18.2 Å². The molecule has 4 nitrogen and oxygen atoms in total. The topological polar surface area (TPSA) is 55.4 Å². The molecule has 0 saturated carbocycles. The van der Waals surface area contributed by atoms with Crippen molar-refractivity contribution in [2.45, 2.75) is 129 Å². The van der Waals surface area contributed by atoms with Gasteiger partial charge in [0.15, 0.2) is 0 Å². The molecule has 1 aromatic rings. The first-order chi connectivity index (χ1) is 17.0. The summed E-state index contributed by atoms with van der Waals surface area (Å²) in [4.78, 5) is 24.1. The maximum absolute atomic E-state index is 13.7. The highest BCUT2D eigenvalue weighted by Crippen LogP contribution is 2.14. The number of nitrogens with one attached hydrogen (secondary N) is 1. The maximum Gasteiger partial charge on any atom is 0.328 e. The molecule has 0 aliphatic heterocycles. The van der Waals surface area contributed by atoms with Crippen molar-refractivity contribution in [1.82, 2.24) is 5.32 Å². The zero-order chi connectivity index (χ0) is 25.7. The fourth-order valence-electron chi connectivity index (χ4n) is 4.13. The maximum atomic E-state index is 13.7. The van der Waals surface area contributed by atoms with Crippen LogP contribution in [-0.4, -0.2) is 24.5 Å². The SMILES string of the molecule is CCCCCCCCCCCCCCCCCCCOC(=O)C(C)NC(=O)c1cc(F)ccc1F. The van der Waals surface area contributed by atoms with Gasteiger partial charge in [-0.25, -0.2) is 13.6 Å². The fraction of sp³-hybridized carbons (Fsp3) is 0.724. The first kappa shape index (κ1) is 31.1. The van der Waals surface area contributed by atoms with Gasteiger partial charge >= 0.3 is 5.97 Å². The van der Waals surface area contributed by atoms with E-state index in [0.717, 1.165) is 37.5 Å². The number of unbranched alkanes of at least 4 members (excludes halogenated alkanes) is 16. The number of benzene rings is 1. The molecule has 1 N–H and O–H groups in total. The summed E-state index contributed by atoms with van der Waals surface area (Å²) in [6, 6.07) is 1.68. The summed E-state index contributed by atoms with van der Waals surface area (Å²) in [6.45, 7) is 4.02. The Bertz CT molecular complexity index is 711. The summed E-state index contributed by atoms with van der Waals surface area (Å²) in [6.07, 6.45) is 21.9. The van der Waals surface area contributed by atoms with Crippen LogP contribution in [0, 0.1) is 11.6 Å². The Morgan fingerprint density at radius 3 is 1.71 bits per heavy atom. The Morgan fingerprint density at radius 2 is 1.23 bits per heavy atom. The van der Waals surface area contributed by atoms with Crippen molar-refractivity contribution in [3.8, 4) is 0 Å². The standard InChI is InChI=1S/C29H47F2NO3/c1-3-4-5-6-7-8-9-10-11-12-13-14-15-16-17-18-19-22-35-29(34)24(2)32-28(33)26-23-25(30)20-21-27(26)31/h20-21,23-24H,3-19,22H2,1-2H3,(H,32,33). The number of carbonyl (C=O) groups is 2. The third-order valence-corrected chi connectivity index (χ3v) is 6.37. The minimum atomic E-state index is -0.934. The van der Waals surface area contributed by atoms with E-state index in [1.807, 2.05) is 0 Å². The van der Waals surface area contributed by atoms with Gasteiger partial charge in [-0.3, -0.25) is 4.79 Å². The third-order valence-electron chi connectivity index (χ3n) is 6.37. The predicted octanol–water partition coefficient (Wildman–Crippen LogP) is 8.28. The summed E-state index contributed by atoms with van der Waals surface area (Å²) >= 11 is 0. The second kappa shape index (κ2) is 20.2. The Balaban J connectivity index is 1.92. The van der Waals surface area contributed by atoms with Crippen LogP contribution < -0.4 is 5.32 Å². The van der Waals surface area contributed by atoms with E-state index in [1.54, 1.807) is 0 Å². The lowest BCUT2D eigenvalue weighted by atomic mass is 10.0. The van der Waals surface area contributed by atoms with E-state index in [1.165, 1.54) is 96.8 Å². The molecule has 1 atom stereocenters. The van der Waals surface area contributed by atoms with Crippen molar-refractivity contribution < 1.29 is 23.1 Å². The van der Waals surface area contributed by atoms with E-state index in [4.69, 9.17) is 4.74 Å². The number of amides is 1. The smallest absolute Gasteiger partial charge is 0.328 e. The molecule has 6 heteroatoms. The van der Waals surface area contributed by atoms with E-state index >= 15 is 0 Å². The van der Waals surface area contributed by atoms with E-state index in [2.05, 4.69) is 12.2 Å². The average molecular weight is 496 g/mol. The van der Waals surface area contributed by atoms with Crippen LogP contribution in [0.2, 0.25) is 0 Å². The van der Waals surface area contributed by atoms with Gasteiger partial charge < -0.3 is 10.1 Å². The monoisotopic (exact) mass is 495 g/mol. The van der Waals surface area contributed by atoms with Crippen molar-refractivity contribution in [3.63, 3.8) is 0 Å². The minimum absolute atomic E-state index is 0.298. The highest BCUT2D eigenvalue weighted by Gasteiger charge is 2.20. The lowest BCUT2D eigenvalue weighted by Crippen LogP contribution is -2.40. The summed E-state index contributed by atoms with van der Waals surface area (Å²) in [7, 11) is 0. The van der Waals surface area contributed by atoms with Crippen molar-refractivity contribution in [2.24, 2.45) is 0 Å². The van der Waals surface area contributed by atoms with E-state index in [-0.39, 0.29) is 0 Å². The largest absolute Gasteiger partial charge is 0.464 e. The lowest BCUT2D eigenvalue weighted by molar-refractivity contribution is -0.145. The molecule has 1 unspecified atom stereocenters. The van der Waals surface area contributed by atoms with Gasteiger partial charge in [-0.05, 0) is 31.5 Å². The normalized spacial score (nSPS) is 11.9.